The van der Waals surface area contributed by atoms with E-state index in [2.05, 4.69) is 45.1 Å². The molecule has 0 saturated carbocycles. The third-order valence-corrected chi connectivity index (χ3v) is 7.04. The van der Waals surface area contributed by atoms with Gasteiger partial charge in [0.25, 0.3) is 5.91 Å². The number of fused-ring (bicyclic) bond motifs is 4. The SMILES string of the molecule is CSc1nc(C(=O)N2C[C@H]3CC[C@@H]2CN(Cc2ccccc2)C3)cs1. The fourth-order valence-corrected chi connectivity index (χ4v) is 5.23. The highest BCUT2D eigenvalue weighted by Crippen LogP contribution is 2.30. The highest BCUT2D eigenvalue weighted by atomic mass is 32.2. The Morgan fingerprint density at radius 2 is 2.08 bits per heavy atom. The van der Waals surface area contributed by atoms with E-state index in [1.807, 2.05) is 11.6 Å². The summed E-state index contributed by atoms with van der Waals surface area (Å²) in [5, 5.41) is 1.91. The first-order valence-electron chi connectivity index (χ1n) is 8.79. The predicted molar refractivity (Wildman–Crippen MR) is 103 cm³/mol. The molecule has 4 nitrogen and oxygen atoms in total. The van der Waals surface area contributed by atoms with E-state index in [1.54, 1.807) is 23.1 Å². The molecule has 2 bridgehead atoms. The quantitative estimate of drug-likeness (QED) is 0.767. The highest BCUT2D eigenvalue weighted by Gasteiger charge is 2.37. The van der Waals surface area contributed by atoms with Crippen LogP contribution < -0.4 is 0 Å². The van der Waals surface area contributed by atoms with Gasteiger partial charge in [0.05, 0.1) is 0 Å². The minimum Gasteiger partial charge on any atom is -0.333 e. The Balaban J connectivity index is 1.48. The van der Waals surface area contributed by atoms with E-state index in [0.29, 0.717) is 17.7 Å². The second-order valence-corrected chi connectivity index (χ2v) is 8.85. The molecule has 1 amide bonds. The van der Waals surface area contributed by atoms with Crippen LogP contribution in [0, 0.1) is 5.92 Å². The topological polar surface area (TPSA) is 36.4 Å². The number of nitrogens with zero attached hydrogens (tertiary/aromatic N) is 3. The van der Waals surface area contributed by atoms with E-state index in [0.717, 1.165) is 36.9 Å². The van der Waals surface area contributed by atoms with Gasteiger partial charge in [0.1, 0.15) is 10.0 Å². The molecule has 0 aliphatic carbocycles. The number of rotatable bonds is 4. The number of benzene rings is 1. The molecule has 3 aliphatic heterocycles. The summed E-state index contributed by atoms with van der Waals surface area (Å²) < 4.78 is 0.967. The number of hydrogen-bond acceptors (Lipinski definition) is 5. The number of piperidine rings is 1. The van der Waals surface area contributed by atoms with Gasteiger partial charge in [-0.05, 0) is 30.6 Å². The predicted octanol–water partition coefficient (Wildman–Crippen LogP) is 3.60. The molecule has 3 fully saturated rings. The Kier molecular flexibility index (Phi) is 5.10. The number of aromatic nitrogens is 1. The largest absolute Gasteiger partial charge is 0.333 e. The molecular formula is C19H23N3OS2. The highest BCUT2D eigenvalue weighted by molar-refractivity contribution is 8.00. The maximum Gasteiger partial charge on any atom is 0.273 e. The van der Waals surface area contributed by atoms with Crippen molar-refractivity contribution in [1.29, 1.82) is 0 Å². The smallest absolute Gasteiger partial charge is 0.273 e. The van der Waals surface area contributed by atoms with Crippen molar-refractivity contribution in [2.24, 2.45) is 5.92 Å². The van der Waals surface area contributed by atoms with Crippen LogP contribution in [-0.4, -0.2) is 52.6 Å². The van der Waals surface area contributed by atoms with Gasteiger partial charge in [0.2, 0.25) is 0 Å². The van der Waals surface area contributed by atoms with Gasteiger partial charge < -0.3 is 4.90 Å². The van der Waals surface area contributed by atoms with Crippen molar-refractivity contribution in [3.8, 4) is 0 Å². The number of thiazole rings is 1. The Morgan fingerprint density at radius 3 is 2.84 bits per heavy atom. The number of carbonyl (C=O) groups excluding carboxylic acids is 1. The van der Waals surface area contributed by atoms with Gasteiger partial charge in [-0.25, -0.2) is 4.98 Å². The van der Waals surface area contributed by atoms with E-state index >= 15 is 0 Å². The fourth-order valence-electron chi connectivity index (χ4n) is 3.99. The number of thioether (sulfide) groups is 1. The van der Waals surface area contributed by atoms with E-state index in [4.69, 9.17) is 0 Å². The van der Waals surface area contributed by atoms with Gasteiger partial charge in [0, 0.05) is 37.6 Å². The maximum atomic E-state index is 13.0. The molecule has 0 N–H and O–H groups in total. The molecule has 0 spiro atoms. The van der Waals surface area contributed by atoms with E-state index in [1.165, 1.54) is 12.0 Å². The summed E-state index contributed by atoms with van der Waals surface area (Å²) >= 11 is 3.17. The summed E-state index contributed by atoms with van der Waals surface area (Å²) in [6.07, 6.45) is 4.34. The first-order chi connectivity index (χ1) is 12.2. The molecule has 1 aromatic heterocycles. The lowest BCUT2D eigenvalue weighted by Crippen LogP contribution is -2.47. The number of hydrogen-bond donors (Lipinski definition) is 0. The van der Waals surface area contributed by atoms with Crippen molar-refractivity contribution in [1.82, 2.24) is 14.8 Å². The average Bonchev–Trinajstić information content (AvgIpc) is 2.96. The Morgan fingerprint density at radius 1 is 1.24 bits per heavy atom. The molecule has 5 rings (SSSR count). The summed E-state index contributed by atoms with van der Waals surface area (Å²) in [4.78, 5) is 22.1. The van der Waals surface area contributed by atoms with Crippen LogP contribution in [0.25, 0.3) is 0 Å². The molecule has 0 unspecified atom stereocenters. The first kappa shape index (κ1) is 17.1. The van der Waals surface area contributed by atoms with Crippen LogP contribution in [0.15, 0.2) is 40.1 Å². The van der Waals surface area contributed by atoms with Crippen molar-refractivity contribution >= 4 is 29.0 Å². The average molecular weight is 374 g/mol. The summed E-state index contributed by atoms with van der Waals surface area (Å²) in [6, 6.07) is 11.0. The second-order valence-electron chi connectivity index (χ2n) is 6.94. The van der Waals surface area contributed by atoms with Crippen molar-refractivity contribution in [3.05, 3.63) is 47.0 Å². The van der Waals surface area contributed by atoms with E-state index in [-0.39, 0.29) is 5.91 Å². The first-order valence-corrected chi connectivity index (χ1v) is 10.9. The molecule has 0 radical (unpaired) electrons. The molecule has 2 aromatic rings. The molecular weight excluding hydrogens is 350 g/mol. The van der Waals surface area contributed by atoms with Gasteiger partial charge in [-0.1, -0.05) is 42.1 Å². The van der Waals surface area contributed by atoms with Crippen LogP contribution in [0.5, 0.6) is 0 Å². The van der Waals surface area contributed by atoms with Crippen LogP contribution in [0.1, 0.15) is 28.9 Å². The van der Waals surface area contributed by atoms with Crippen molar-refractivity contribution in [2.45, 2.75) is 29.8 Å². The van der Waals surface area contributed by atoms with E-state index < -0.39 is 0 Å². The Labute approximate surface area is 157 Å². The number of amides is 1. The molecule has 1 aromatic carbocycles. The van der Waals surface area contributed by atoms with Crippen LogP contribution in [0.2, 0.25) is 0 Å². The zero-order chi connectivity index (χ0) is 17.2. The third-order valence-electron chi connectivity index (χ3n) is 5.18. The van der Waals surface area contributed by atoms with Crippen LogP contribution in [0.4, 0.5) is 0 Å². The minimum absolute atomic E-state index is 0.118. The van der Waals surface area contributed by atoms with Gasteiger partial charge in [-0.3, -0.25) is 9.69 Å². The molecule has 3 saturated heterocycles. The summed E-state index contributed by atoms with van der Waals surface area (Å²) in [5.74, 6) is 0.692. The summed E-state index contributed by atoms with van der Waals surface area (Å²) in [7, 11) is 0. The lowest BCUT2D eigenvalue weighted by atomic mass is 9.95. The zero-order valence-electron chi connectivity index (χ0n) is 14.4. The van der Waals surface area contributed by atoms with Crippen LogP contribution >= 0.6 is 23.1 Å². The minimum atomic E-state index is 0.118. The molecule has 2 atom stereocenters. The van der Waals surface area contributed by atoms with Crippen molar-refractivity contribution < 1.29 is 4.79 Å². The summed E-state index contributed by atoms with van der Waals surface area (Å²) in [6.45, 7) is 3.91. The second kappa shape index (κ2) is 7.48. The third kappa shape index (κ3) is 3.76. The molecule has 3 aliphatic rings. The normalized spacial score (nSPS) is 23.6. The van der Waals surface area contributed by atoms with Gasteiger partial charge in [0.15, 0.2) is 0 Å². The standard InChI is InChI=1S/C19H23N3OS2/c1-24-19-20-17(13-25-19)18(23)22-11-15-7-8-16(22)12-21(10-15)9-14-5-3-2-4-6-14/h2-6,13,15-16H,7-12H2,1H3/t15-,16+/m0/s1. The van der Waals surface area contributed by atoms with Crippen molar-refractivity contribution in [2.75, 3.05) is 25.9 Å². The molecule has 132 valence electrons. The van der Waals surface area contributed by atoms with Gasteiger partial charge in [-0.2, -0.15) is 0 Å². The lowest BCUT2D eigenvalue weighted by Gasteiger charge is -2.35. The van der Waals surface area contributed by atoms with Gasteiger partial charge in [-0.15, -0.1) is 11.3 Å². The lowest BCUT2D eigenvalue weighted by molar-refractivity contribution is 0.0579. The van der Waals surface area contributed by atoms with Gasteiger partial charge >= 0.3 is 0 Å². The Bertz CT molecular complexity index is 733. The molecule has 4 heterocycles. The summed E-state index contributed by atoms with van der Waals surface area (Å²) in [5.41, 5.74) is 1.97. The molecule has 25 heavy (non-hydrogen) atoms. The number of carbonyl (C=O) groups is 1. The van der Waals surface area contributed by atoms with Crippen LogP contribution in [0.3, 0.4) is 0 Å². The maximum absolute atomic E-state index is 13.0. The molecule has 6 heteroatoms. The monoisotopic (exact) mass is 373 g/mol. The van der Waals surface area contributed by atoms with Crippen LogP contribution in [-0.2, 0) is 6.54 Å². The van der Waals surface area contributed by atoms with Crippen molar-refractivity contribution in [3.63, 3.8) is 0 Å². The van der Waals surface area contributed by atoms with E-state index in [9.17, 15) is 4.79 Å². The Hall–Kier alpha value is -1.37. The fraction of sp³-hybridized carbons (Fsp3) is 0.474. The zero-order valence-corrected chi connectivity index (χ0v) is 16.1.